The van der Waals surface area contributed by atoms with E-state index in [1.807, 2.05) is 54.6 Å². The second-order valence-electron chi connectivity index (χ2n) is 5.47. The zero-order valence-corrected chi connectivity index (χ0v) is 14.6. The molecule has 2 rings (SSSR count). The summed E-state index contributed by atoms with van der Waals surface area (Å²) in [6, 6.07) is 16.7. The van der Waals surface area contributed by atoms with Crippen molar-refractivity contribution in [3.8, 4) is 11.5 Å². The number of benzene rings is 2. The number of methoxy groups -OCH3 is 1. The molecule has 0 aromatic heterocycles. The Morgan fingerprint density at radius 3 is 2.12 bits per heavy atom. The molecule has 0 N–H and O–H groups in total. The van der Waals surface area contributed by atoms with Crippen LogP contribution in [0.1, 0.15) is 24.2 Å². The van der Waals surface area contributed by atoms with Gasteiger partial charge in [-0.15, -0.1) is 0 Å². The average molecular weight is 327 g/mol. The van der Waals surface area contributed by atoms with E-state index >= 15 is 0 Å². The van der Waals surface area contributed by atoms with Crippen LogP contribution in [0, 0.1) is 0 Å². The molecule has 0 aliphatic rings. The number of nitrogens with zero attached hydrogens (tertiary/aromatic N) is 1. The fraction of sp³-hybridized carbons (Fsp3) is 0.350. The quantitative estimate of drug-likeness (QED) is 0.659. The fourth-order valence-electron chi connectivity index (χ4n) is 2.55. The summed E-state index contributed by atoms with van der Waals surface area (Å²) in [4.78, 5) is 15.1. The SMILES string of the molecule is CCN(CC)C[C@@H](Oc1ccccc1OC)C(=O)c1ccccc1. The number of ketones is 1. The van der Waals surface area contributed by atoms with Crippen molar-refractivity contribution in [3.05, 3.63) is 60.2 Å². The molecule has 0 bridgehead atoms. The zero-order chi connectivity index (χ0) is 17.4. The van der Waals surface area contributed by atoms with Crippen LogP contribution < -0.4 is 9.47 Å². The summed E-state index contributed by atoms with van der Waals surface area (Å²) in [6.07, 6.45) is -0.580. The number of likely N-dealkylation sites (N-methyl/N-ethyl adjacent to an activating group) is 1. The van der Waals surface area contributed by atoms with E-state index in [0.717, 1.165) is 13.1 Å². The third-order valence-corrected chi connectivity index (χ3v) is 4.01. The number of carbonyl (C=O) groups excluding carboxylic acids is 1. The summed E-state index contributed by atoms with van der Waals surface area (Å²) in [7, 11) is 1.60. The van der Waals surface area contributed by atoms with Gasteiger partial charge in [-0.3, -0.25) is 9.69 Å². The van der Waals surface area contributed by atoms with Gasteiger partial charge in [-0.25, -0.2) is 0 Å². The van der Waals surface area contributed by atoms with Gasteiger partial charge in [-0.05, 0) is 25.2 Å². The summed E-state index contributed by atoms with van der Waals surface area (Å²) < 4.78 is 11.4. The van der Waals surface area contributed by atoms with Crippen LogP contribution in [0.25, 0.3) is 0 Å². The van der Waals surface area contributed by atoms with E-state index in [-0.39, 0.29) is 5.78 Å². The molecule has 0 heterocycles. The number of carbonyl (C=O) groups is 1. The Hall–Kier alpha value is -2.33. The second kappa shape index (κ2) is 9.08. The van der Waals surface area contributed by atoms with Crippen LogP contribution in [-0.4, -0.2) is 43.5 Å². The lowest BCUT2D eigenvalue weighted by Gasteiger charge is -2.26. The van der Waals surface area contributed by atoms with E-state index < -0.39 is 6.10 Å². The van der Waals surface area contributed by atoms with E-state index in [0.29, 0.717) is 23.6 Å². The first-order chi connectivity index (χ1) is 11.7. The number of ether oxygens (including phenoxy) is 2. The van der Waals surface area contributed by atoms with Gasteiger partial charge in [0.1, 0.15) is 0 Å². The van der Waals surface area contributed by atoms with Gasteiger partial charge in [-0.1, -0.05) is 56.3 Å². The summed E-state index contributed by atoms with van der Waals surface area (Å²) in [6.45, 7) is 6.43. The van der Waals surface area contributed by atoms with Gasteiger partial charge in [0.25, 0.3) is 0 Å². The molecule has 0 unspecified atom stereocenters. The molecule has 2 aromatic carbocycles. The van der Waals surface area contributed by atoms with Crippen LogP contribution >= 0.6 is 0 Å². The van der Waals surface area contributed by atoms with Gasteiger partial charge in [0.05, 0.1) is 7.11 Å². The topological polar surface area (TPSA) is 38.8 Å². The third kappa shape index (κ3) is 4.59. The van der Waals surface area contributed by atoms with Gasteiger partial charge in [0, 0.05) is 12.1 Å². The van der Waals surface area contributed by atoms with E-state index in [4.69, 9.17) is 9.47 Å². The maximum absolute atomic E-state index is 12.9. The molecule has 0 spiro atoms. The maximum Gasteiger partial charge on any atom is 0.204 e. The molecule has 2 aromatic rings. The predicted octanol–water partition coefficient (Wildman–Crippen LogP) is 3.67. The molecule has 0 amide bonds. The first kappa shape index (κ1) is 18.0. The van der Waals surface area contributed by atoms with Crippen molar-refractivity contribution >= 4 is 5.78 Å². The molecule has 24 heavy (non-hydrogen) atoms. The molecular formula is C20H25NO3. The minimum atomic E-state index is -0.580. The lowest BCUT2D eigenvalue weighted by Crippen LogP contribution is -2.40. The van der Waals surface area contributed by atoms with Crippen molar-refractivity contribution in [1.29, 1.82) is 0 Å². The Labute approximate surface area is 144 Å². The fourth-order valence-corrected chi connectivity index (χ4v) is 2.55. The molecule has 0 saturated heterocycles. The van der Waals surface area contributed by atoms with Crippen LogP contribution in [0.3, 0.4) is 0 Å². The normalized spacial score (nSPS) is 12.0. The molecule has 4 nitrogen and oxygen atoms in total. The van der Waals surface area contributed by atoms with Gasteiger partial charge in [0.15, 0.2) is 17.6 Å². The van der Waals surface area contributed by atoms with E-state index in [2.05, 4.69) is 18.7 Å². The third-order valence-electron chi connectivity index (χ3n) is 4.01. The highest BCUT2D eigenvalue weighted by Crippen LogP contribution is 2.27. The van der Waals surface area contributed by atoms with Gasteiger partial charge in [0.2, 0.25) is 5.78 Å². The van der Waals surface area contributed by atoms with Crippen LogP contribution in [0.2, 0.25) is 0 Å². The summed E-state index contributed by atoms with van der Waals surface area (Å²) in [5.74, 6) is 1.19. The predicted molar refractivity (Wildman–Crippen MR) is 96.0 cm³/mol. The molecular weight excluding hydrogens is 302 g/mol. The minimum absolute atomic E-state index is 0.0200. The molecule has 1 atom stereocenters. The summed E-state index contributed by atoms with van der Waals surface area (Å²) >= 11 is 0. The van der Waals surface area contributed by atoms with E-state index in [9.17, 15) is 4.79 Å². The number of para-hydroxylation sites is 2. The monoisotopic (exact) mass is 327 g/mol. The van der Waals surface area contributed by atoms with Crippen molar-refractivity contribution in [2.75, 3.05) is 26.7 Å². The van der Waals surface area contributed by atoms with Crippen LogP contribution in [0.5, 0.6) is 11.5 Å². The molecule has 128 valence electrons. The van der Waals surface area contributed by atoms with Crippen molar-refractivity contribution in [1.82, 2.24) is 4.90 Å². The smallest absolute Gasteiger partial charge is 0.204 e. The standard InChI is InChI=1S/C20H25NO3/c1-4-21(5-2)15-19(20(22)16-11-7-6-8-12-16)24-18-14-10-9-13-17(18)23-3/h6-14,19H,4-5,15H2,1-3H3/t19-/m1/s1. The van der Waals surface area contributed by atoms with Gasteiger partial charge >= 0.3 is 0 Å². The molecule has 4 heteroatoms. The maximum atomic E-state index is 12.9. The lowest BCUT2D eigenvalue weighted by molar-refractivity contribution is 0.0708. The van der Waals surface area contributed by atoms with Crippen molar-refractivity contribution in [2.45, 2.75) is 20.0 Å². The Morgan fingerprint density at radius 1 is 0.958 bits per heavy atom. The summed E-state index contributed by atoms with van der Waals surface area (Å²) in [5, 5.41) is 0. The number of rotatable bonds is 9. The number of hydrogen-bond acceptors (Lipinski definition) is 4. The molecule has 0 fully saturated rings. The Kier molecular flexibility index (Phi) is 6.82. The van der Waals surface area contributed by atoms with Crippen molar-refractivity contribution < 1.29 is 14.3 Å². The van der Waals surface area contributed by atoms with Crippen LogP contribution in [0.4, 0.5) is 0 Å². The highest BCUT2D eigenvalue weighted by molar-refractivity contribution is 5.99. The van der Waals surface area contributed by atoms with E-state index in [1.165, 1.54) is 0 Å². The Morgan fingerprint density at radius 2 is 1.54 bits per heavy atom. The first-order valence-corrected chi connectivity index (χ1v) is 8.30. The number of Topliss-reactive ketones (excluding diaryl/α,β-unsaturated/α-hetero) is 1. The van der Waals surface area contributed by atoms with Crippen molar-refractivity contribution in [3.63, 3.8) is 0 Å². The number of hydrogen-bond donors (Lipinski definition) is 0. The first-order valence-electron chi connectivity index (χ1n) is 8.30. The highest BCUT2D eigenvalue weighted by atomic mass is 16.5. The molecule has 0 aliphatic heterocycles. The largest absolute Gasteiger partial charge is 0.493 e. The Bertz CT molecular complexity index is 638. The molecule has 0 aliphatic carbocycles. The zero-order valence-electron chi connectivity index (χ0n) is 14.6. The van der Waals surface area contributed by atoms with Gasteiger partial charge < -0.3 is 9.47 Å². The molecule has 0 saturated carbocycles. The molecule has 0 radical (unpaired) electrons. The van der Waals surface area contributed by atoms with Crippen LogP contribution in [0.15, 0.2) is 54.6 Å². The summed E-state index contributed by atoms with van der Waals surface area (Å²) in [5.41, 5.74) is 0.657. The Balaban J connectivity index is 2.27. The second-order valence-corrected chi connectivity index (χ2v) is 5.47. The average Bonchev–Trinajstić information content (AvgIpc) is 2.65. The van der Waals surface area contributed by atoms with Crippen LogP contribution in [-0.2, 0) is 0 Å². The lowest BCUT2D eigenvalue weighted by atomic mass is 10.1. The minimum Gasteiger partial charge on any atom is -0.493 e. The van der Waals surface area contributed by atoms with E-state index in [1.54, 1.807) is 7.11 Å². The van der Waals surface area contributed by atoms with Gasteiger partial charge in [-0.2, -0.15) is 0 Å². The highest BCUT2D eigenvalue weighted by Gasteiger charge is 2.25. The van der Waals surface area contributed by atoms with Crippen molar-refractivity contribution in [2.24, 2.45) is 0 Å².